The molecule has 0 saturated carbocycles. The Morgan fingerprint density at radius 1 is 0.481 bits per heavy atom. The molecule has 13 nitrogen and oxygen atoms in total. The van der Waals surface area contributed by atoms with E-state index in [0.29, 0.717) is 129 Å². The highest BCUT2D eigenvalue weighted by atomic mass is 16.5. The summed E-state index contributed by atoms with van der Waals surface area (Å²) < 4.78 is 25.1. The predicted molar refractivity (Wildman–Crippen MR) is 295 cm³/mol. The van der Waals surface area contributed by atoms with Crippen molar-refractivity contribution in [2.24, 2.45) is 0 Å². The number of carbonyl (C=O) groups excluding carboxylic acids is 3. The van der Waals surface area contributed by atoms with Crippen LogP contribution in [0.15, 0.2) is 152 Å². The zero-order valence-corrected chi connectivity index (χ0v) is 43.0. The molecule has 3 heterocycles. The van der Waals surface area contributed by atoms with Crippen molar-refractivity contribution in [3.05, 3.63) is 180 Å². The highest BCUT2D eigenvalue weighted by Crippen LogP contribution is 2.39. The molecule has 0 unspecified atom stereocenters. The Morgan fingerprint density at radius 3 is 1.38 bits per heavy atom. The van der Waals surface area contributed by atoms with Gasteiger partial charge in [-0.3, -0.25) is 14.4 Å². The van der Waals surface area contributed by atoms with E-state index in [4.69, 9.17) is 18.9 Å². The molecular formula is C64H58N6O7. The Labute approximate surface area is 449 Å². The van der Waals surface area contributed by atoms with Gasteiger partial charge in [0.1, 0.15) is 65.1 Å². The molecule has 3 aliphatic heterocycles. The van der Waals surface area contributed by atoms with Crippen molar-refractivity contribution in [3.8, 4) is 74.6 Å². The molecule has 6 aromatic rings. The summed E-state index contributed by atoms with van der Waals surface area (Å²) in [5.74, 6) is 1.53. The van der Waals surface area contributed by atoms with Crippen molar-refractivity contribution in [3.63, 3.8) is 0 Å². The number of para-hydroxylation sites is 1. The largest absolute Gasteiger partial charge is 0.496 e. The van der Waals surface area contributed by atoms with Crippen LogP contribution in [0.1, 0.15) is 66.3 Å². The number of piperidine rings is 3. The quantitative estimate of drug-likeness (QED) is 0.0902. The minimum atomic E-state index is -0.273. The van der Waals surface area contributed by atoms with Crippen molar-refractivity contribution in [1.82, 2.24) is 14.7 Å². The third kappa shape index (κ3) is 12.4. The van der Waals surface area contributed by atoms with Gasteiger partial charge < -0.3 is 33.6 Å². The molecule has 0 radical (unpaired) electrons. The maximum atomic E-state index is 13.9. The highest BCUT2D eigenvalue weighted by molar-refractivity contribution is 5.95. The lowest BCUT2D eigenvalue weighted by molar-refractivity contribution is -0.128. The smallest absolute Gasteiger partial charge is 0.246 e. The number of hydrogen-bond acceptors (Lipinski definition) is 10. The molecule has 9 rings (SSSR count). The van der Waals surface area contributed by atoms with Crippen LogP contribution in [0.25, 0.3) is 45.5 Å². The fraction of sp³-hybridized carbons (Fsp3) is 0.250. The summed E-state index contributed by atoms with van der Waals surface area (Å²) in [7, 11) is 1.59. The highest BCUT2D eigenvalue weighted by Gasteiger charge is 2.28. The molecule has 3 amide bonds. The molecule has 3 aliphatic rings. The first-order valence-corrected chi connectivity index (χ1v) is 26.0. The van der Waals surface area contributed by atoms with Crippen LogP contribution in [-0.4, -0.2) is 97.1 Å². The second-order valence-electron chi connectivity index (χ2n) is 19.1. The third-order valence-corrected chi connectivity index (χ3v) is 14.4. The Kier molecular flexibility index (Phi) is 16.9. The fourth-order valence-electron chi connectivity index (χ4n) is 10.2. The van der Waals surface area contributed by atoms with Crippen molar-refractivity contribution in [1.29, 1.82) is 15.8 Å². The Morgan fingerprint density at radius 2 is 0.896 bits per heavy atom. The Balaban J connectivity index is 0.847. The van der Waals surface area contributed by atoms with Gasteiger partial charge in [-0.25, -0.2) is 0 Å². The lowest BCUT2D eigenvalue weighted by atomic mass is 9.95. The maximum absolute atomic E-state index is 13.9. The van der Waals surface area contributed by atoms with Crippen LogP contribution in [0.4, 0.5) is 0 Å². The summed E-state index contributed by atoms with van der Waals surface area (Å²) in [6.45, 7) is 6.45. The maximum Gasteiger partial charge on any atom is 0.246 e. The first-order chi connectivity index (χ1) is 37.7. The van der Waals surface area contributed by atoms with Crippen LogP contribution >= 0.6 is 0 Å². The van der Waals surface area contributed by atoms with E-state index < -0.39 is 0 Å². The van der Waals surface area contributed by atoms with E-state index in [9.17, 15) is 30.2 Å². The van der Waals surface area contributed by atoms with Crippen LogP contribution in [0.5, 0.6) is 23.0 Å². The van der Waals surface area contributed by atoms with Crippen molar-refractivity contribution in [2.45, 2.75) is 56.8 Å². The van der Waals surface area contributed by atoms with Gasteiger partial charge in [0.05, 0.1) is 18.2 Å². The molecule has 0 aliphatic carbocycles. The minimum absolute atomic E-state index is 0.116. The average molecular weight is 1020 g/mol. The molecular weight excluding hydrogens is 965 g/mol. The van der Waals surface area contributed by atoms with E-state index in [2.05, 4.69) is 24.8 Å². The molecule has 13 heteroatoms. The number of hydrogen-bond donors (Lipinski definition) is 0. The molecule has 0 aromatic heterocycles. The molecule has 0 N–H and O–H groups in total. The number of amides is 3. The standard InChI is InChI=1S/C64H58N6O7/c1-3-62(71)68-31-25-51(26-32-68)77-61-40-56(54-17-10-11-19-58(54)74-2)47(38-49(61)42-66)22-24-64(73)70-35-29-52(30-36-70)76-60-39-55(45-15-8-5-9-16-45)46(37-48(60)41-65)21-23-63(72)69-33-27-50(28-34-69)75-59-20-12-18-53(57(59)43-67)44-13-6-4-7-14-44/h3-24,37-40,50-52H,1,25-36H2,2H3/b23-21+,24-22+. The van der Waals surface area contributed by atoms with Crippen LogP contribution in [-0.2, 0) is 14.4 Å². The fourth-order valence-corrected chi connectivity index (χ4v) is 10.2. The lowest BCUT2D eigenvalue weighted by Crippen LogP contribution is -2.41. The first kappa shape index (κ1) is 52.5. The SMILES string of the molecule is C=CC(=O)N1CCC(Oc2cc(-c3ccccc3OC)c(/C=C/C(=O)N3CCC(Oc4cc(-c5ccccc5)c(/C=C/C(=O)N5CCC(Oc6cccc(-c7ccccc7)c6C#N)CC5)cc4C#N)CC3)cc2C#N)CC1. The number of nitrogens with zero attached hydrogens (tertiary/aromatic N) is 6. The van der Waals surface area contributed by atoms with E-state index >= 15 is 0 Å². The van der Waals surface area contributed by atoms with Gasteiger partial charge in [-0.2, -0.15) is 15.8 Å². The average Bonchev–Trinajstić information content (AvgIpc) is 3.49. The normalized spacial score (nSPS) is 15.3. The Bertz CT molecular complexity index is 3330. The van der Waals surface area contributed by atoms with Crippen molar-refractivity contribution in [2.75, 3.05) is 46.4 Å². The monoisotopic (exact) mass is 1020 g/mol. The van der Waals surface area contributed by atoms with Crippen LogP contribution in [0.2, 0.25) is 0 Å². The Hall–Kier alpha value is -9.38. The van der Waals surface area contributed by atoms with Gasteiger partial charge in [0.2, 0.25) is 17.7 Å². The molecule has 3 fully saturated rings. The third-order valence-electron chi connectivity index (χ3n) is 14.4. The second kappa shape index (κ2) is 24.8. The number of methoxy groups -OCH3 is 1. The lowest BCUT2D eigenvalue weighted by Gasteiger charge is -2.32. The summed E-state index contributed by atoms with van der Waals surface area (Å²) in [6, 6.07) is 46.8. The number of likely N-dealkylation sites (tertiary alicyclic amines) is 3. The topological polar surface area (TPSA) is 169 Å². The van der Waals surface area contributed by atoms with Crippen molar-refractivity contribution < 1.29 is 33.3 Å². The van der Waals surface area contributed by atoms with Crippen LogP contribution in [0.3, 0.4) is 0 Å². The van der Waals surface area contributed by atoms with Gasteiger partial charge in [-0.15, -0.1) is 0 Å². The molecule has 0 bridgehead atoms. The molecule has 77 heavy (non-hydrogen) atoms. The van der Waals surface area contributed by atoms with E-state index in [0.717, 1.165) is 33.4 Å². The summed E-state index contributed by atoms with van der Waals surface area (Å²) in [5, 5.41) is 30.8. The summed E-state index contributed by atoms with van der Waals surface area (Å²) in [6.07, 6.45) is 10.7. The molecule has 3 saturated heterocycles. The van der Waals surface area contributed by atoms with E-state index in [1.165, 1.54) is 12.2 Å². The molecule has 0 atom stereocenters. The molecule has 386 valence electrons. The summed E-state index contributed by atoms with van der Waals surface area (Å²) >= 11 is 0. The number of carbonyl (C=O) groups is 3. The van der Waals surface area contributed by atoms with Crippen molar-refractivity contribution >= 4 is 29.9 Å². The summed E-state index contributed by atoms with van der Waals surface area (Å²) in [4.78, 5) is 45.0. The number of nitriles is 3. The van der Waals surface area contributed by atoms with E-state index in [1.807, 2.05) is 115 Å². The van der Waals surface area contributed by atoms with Gasteiger partial charge in [0.25, 0.3) is 0 Å². The zero-order chi connectivity index (χ0) is 53.7. The number of benzene rings is 6. The van der Waals surface area contributed by atoms with Gasteiger partial charge in [0, 0.05) is 101 Å². The molecule has 6 aromatic carbocycles. The zero-order valence-electron chi connectivity index (χ0n) is 43.0. The van der Waals surface area contributed by atoms with E-state index in [-0.39, 0.29) is 36.0 Å². The molecule has 0 spiro atoms. The van der Waals surface area contributed by atoms with Gasteiger partial charge in [-0.1, -0.05) is 97.6 Å². The number of rotatable bonds is 15. The van der Waals surface area contributed by atoms with Crippen LogP contribution < -0.4 is 18.9 Å². The van der Waals surface area contributed by atoms with Gasteiger partial charge in [0.15, 0.2) is 0 Å². The van der Waals surface area contributed by atoms with Gasteiger partial charge >= 0.3 is 0 Å². The van der Waals surface area contributed by atoms with Gasteiger partial charge in [-0.05, 0) is 88.0 Å². The summed E-state index contributed by atoms with van der Waals surface area (Å²) in [5.41, 5.74) is 7.41. The second-order valence-corrected chi connectivity index (χ2v) is 19.1. The predicted octanol–water partition coefficient (Wildman–Crippen LogP) is 11.0. The minimum Gasteiger partial charge on any atom is -0.496 e. The van der Waals surface area contributed by atoms with E-state index in [1.54, 1.807) is 52.2 Å². The van der Waals surface area contributed by atoms with Crippen LogP contribution in [0, 0.1) is 34.0 Å². The first-order valence-electron chi connectivity index (χ1n) is 26.0. The number of ether oxygens (including phenoxy) is 4.